The highest BCUT2D eigenvalue weighted by molar-refractivity contribution is 7.27. The molecule has 1 aromatic carbocycles. The van der Waals surface area contributed by atoms with Crippen LogP contribution in [0.1, 0.15) is 5.56 Å². The Kier molecular flexibility index (Phi) is 5.37. The SMILES string of the molecule is C=CCOc1ccc(C[C@H](P=N)C(=O)O)cc1. The summed E-state index contributed by atoms with van der Waals surface area (Å²) in [5.41, 5.74) is 0.220. The van der Waals surface area contributed by atoms with Gasteiger partial charge in [-0.3, -0.25) is 9.96 Å². The van der Waals surface area contributed by atoms with Crippen LogP contribution in [0.2, 0.25) is 0 Å². The molecule has 0 saturated heterocycles. The summed E-state index contributed by atoms with van der Waals surface area (Å²) < 4.78 is 5.32. The number of rotatable bonds is 7. The molecule has 0 radical (unpaired) electrons. The van der Waals surface area contributed by atoms with Crippen molar-refractivity contribution >= 4 is 14.3 Å². The average Bonchev–Trinajstić information content (AvgIpc) is 2.34. The van der Waals surface area contributed by atoms with E-state index < -0.39 is 11.6 Å². The van der Waals surface area contributed by atoms with Crippen molar-refractivity contribution in [1.82, 2.24) is 0 Å². The van der Waals surface area contributed by atoms with Gasteiger partial charge >= 0.3 is 5.97 Å². The van der Waals surface area contributed by atoms with Crippen LogP contribution >= 0.6 is 8.37 Å². The number of aliphatic carboxylic acids is 1. The summed E-state index contributed by atoms with van der Waals surface area (Å²) in [6.07, 6.45) is 2.02. The Morgan fingerprint density at radius 1 is 1.53 bits per heavy atom. The first-order valence-electron chi connectivity index (χ1n) is 5.09. The molecule has 0 heterocycles. The molecule has 0 aliphatic rings. The third kappa shape index (κ3) is 4.37. The minimum absolute atomic E-state index is 0.128. The van der Waals surface area contributed by atoms with E-state index in [4.69, 9.17) is 15.0 Å². The zero-order valence-electron chi connectivity index (χ0n) is 9.30. The summed E-state index contributed by atoms with van der Waals surface area (Å²) in [5.74, 6) is -0.211. The molecule has 1 atom stereocenters. The topological polar surface area (TPSA) is 70.4 Å². The summed E-state index contributed by atoms with van der Waals surface area (Å²) in [6, 6.07) is 7.22. The van der Waals surface area contributed by atoms with Gasteiger partial charge in [-0.1, -0.05) is 24.8 Å². The Balaban J connectivity index is 2.64. The number of carbonyl (C=O) groups is 1. The van der Waals surface area contributed by atoms with Gasteiger partial charge in [-0.15, -0.1) is 0 Å². The van der Waals surface area contributed by atoms with E-state index in [-0.39, 0.29) is 8.37 Å². The minimum Gasteiger partial charge on any atom is -0.490 e. The van der Waals surface area contributed by atoms with Crippen LogP contribution < -0.4 is 4.74 Å². The lowest BCUT2D eigenvalue weighted by Gasteiger charge is -2.07. The predicted molar refractivity (Wildman–Crippen MR) is 66.9 cm³/mol. The van der Waals surface area contributed by atoms with Crippen molar-refractivity contribution in [2.75, 3.05) is 6.61 Å². The monoisotopic (exact) mass is 251 g/mol. The summed E-state index contributed by atoms with van der Waals surface area (Å²) in [4.78, 5) is 10.8. The van der Waals surface area contributed by atoms with E-state index >= 15 is 0 Å². The minimum atomic E-state index is -0.936. The summed E-state index contributed by atoms with van der Waals surface area (Å²) in [7, 11) is 0.128. The Morgan fingerprint density at radius 2 is 2.18 bits per heavy atom. The maximum Gasteiger partial charge on any atom is 0.316 e. The van der Waals surface area contributed by atoms with Gasteiger partial charge in [0.15, 0.2) is 0 Å². The van der Waals surface area contributed by atoms with Gasteiger partial charge in [0.1, 0.15) is 18.0 Å². The number of carboxylic acids is 1. The van der Waals surface area contributed by atoms with Crippen LogP contribution in [0.5, 0.6) is 5.75 Å². The number of carboxylic acid groups (broad SMARTS) is 1. The Hall–Kier alpha value is -1.67. The van der Waals surface area contributed by atoms with E-state index in [1.54, 1.807) is 18.2 Å². The van der Waals surface area contributed by atoms with Crippen LogP contribution in [0.3, 0.4) is 0 Å². The smallest absolute Gasteiger partial charge is 0.316 e. The standard InChI is InChI=1S/C12H14NO3P/c1-2-7-16-10-5-3-9(4-6-10)8-11(17-13)12(14)15/h2-6,11,13H,1,7-8H2,(H,14,15)/t11-/m0/s1. The molecule has 1 aromatic rings. The molecule has 2 N–H and O–H groups in total. The molecule has 90 valence electrons. The van der Waals surface area contributed by atoms with Gasteiger partial charge in [-0.2, -0.15) is 0 Å². The maximum absolute atomic E-state index is 10.8. The summed E-state index contributed by atoms with van der Waals surface area (Å²) in [5, 5.41) is 16.0. The zero-order chi connectivity index (χ0) is 12.7. The second kappa shape index (κ2) is 6.81. The second-order valence-corrected chi connectivity index (χ2v) is 4.31. The van der Waals surface area contributed by atoms with E-state index in [0.29, 0.717) is 13.0 Å². The van der Waals surface area contributed by atoms with E-state index in [9.17, 15) is 4.79 Å². The molecule has 4 nitrogen and oxygen atoms in total. The highest BCUT2D eigenvalue weighted by atomic mass is 31.1. The molecule has 0 spiro atoms. The Morgan fingerprint density at radius 3 is 2.65 bits per heavy atom. The van der Waals surface area contributed by atoms with E-state index in [1.165, 1.54) is 0 Å². The molecule has 0 fully saturated rings. The fraction of sp³-hybridized carbons (Fsp3) is 0.250. The number of hydrogen-bond donors (Lipinski definition) is 2. The summed E-state index contributed by atoms with van der Waals surface area (Å²) in [6.45, 7) is 4.00. The van der Waals surface area contributed by atoms with Gasteiger partial charge in [-0.25, -0.2) is 0 Å². The van der Waals surface area contributed by atoms with Crippen LogP contribution in [0, 0.1) is 5.16 Å². The normalized spacial score (nSPS) is 12.0. The van der Waals surface area contributed by atoms with Crippen molar-refractivity contribution in [3.05, 3.63) is 42.5 Å². The number of ether oxygens (including phenoxy) is 1. The summed E-state index contributed by atoms with van der Waals surface area (Å²) >= 11 is 0. The fourth-order valence-electron chi connectivity index (χ4n) is 1.29. The third-order valence-electron chi connectivity index (χ3n) is 2.16. The van der Waals surface area contributed by atoms with Gasteiger partial charge in [0, 0.05) is 8.37 Å². The van der Waals surface area contributed by atoms with Gasteiger partial charge in [0.05, 0.1) is 0 Å². The van der Waals surface area contributed by atoms with Crippen molar-refractivity contribution in [1.29, 1.82) is 5.16 Å². The largest absolute Gasteiger partial charge is 0.490 e. The lowest BCUT2D eigenvalue weighted by Crippen LogP contribution is -2.16. The fourth-order valence-corrected chi connectivity index (χ4v) is 1.70. The lowest BCUT2D eigenvalue weighted by molar-refractivity contribution is -0.136. The predicted octanol–water partition coefficient (Wildman–Crippen LogP) is 2.96. The van der Waals surface area contributed by atoms with Crippen LogP contribution in [0.15, 0.2) is 36.9 Å². The van der Waals surface area contributed by atoms with Gasteiger partial charge in [-0.05, 0) is 24.1 Å². The van der Waals surface area contributed by atoms with Crippen molar-refractivity contribution in [2.24, 2.45) is 0 Å². The van der Waals surface area contributed by atoms with Crippen molar-refractivity contribution < 1.29 is 14.6 Å². The van der Waals surface area contributed by atoms with Gasteiger partial charge < -0.3 is 9.84 Å². The molecule has 0 unspecified atom stereocenters. The van der Waals surface area contributed by atoms with Crippen LogP contribution in [-0.2, 0) is 11.2 Å². The maximum atomic E-state index is 10.8. The van der Waals surface area contributed by atoms with E-state index in [0.717, 1.165) is 11.3 Å². The molecular formula is C12H14NO3P. The van der Waals surface area contributed by atoms with Crippen molar-refractivity contribution in [3.63, 3.8) is 0 Å². The molecule has 0 aliphatic carbocycles. The van der Waals surface area contributed by atoms with Crippen molar-refractivity contribution in [2.45, 2.75) is 12.1 Å². The highest BCUT2D eigenvalue weighted by Gasteiger charge is 2.15. The number of nitrogens with one attached hydrogen (secondary N) is 1. The molecule has 5 heteroatoms. The third-order valence-corrected chi connectivity index (χ3v) is 2.88. The second-order valence-electron chi connectivity index (χ2n) is 3.43. The van der Waals surface area contributed by atoms with Gasteiger partial charge in [0.25, 0.3) is 0 Å². The first kappa shape index (κ1) is 13.4. The molecule has 17 heavy (non-hydrogen) atoms. The molecule has 1 rings (SSSR count). The van der Waals surface area contributed by atoms with Crippen molar-refractivity contribution in [3.8, 4) is 5.75 Å². The number of benzene rings is 1. The first-order valence-corrected chi connectivity index (χ1v) is 6.05. The average molecular weight is 251 g/mol. The highest BCUT2D eigenvalue weighted by Crippen LogP contribution is 2.18. The Bertz CT molecular complexity index is 403. The van der Waals surface area contributed by atoms with Crippen LogP contribution in [0.4, 0.5) is 0 Å². The molecule has 0 amide bonds. The number of hydrogen-bond acceptors (Lipinski definition) is 3. The van der Waals surface area contributed by atoms with E-state index in [1.807, 2.05) is 12.1 Å². The lowest BCUT2D eigenvalue weighted by atomic mass is 10.1. The first-order chi connectivity index (χ1) is 8.17. The van der Waals surface area contributed by atoms with Crippen LogP contribution in [0.25, 0.3) is 0 Å². The van der Waals surface area contributed by atoms with E-state index in [2.05, 4.69) is 6.58 Å². The Labute approximate surface area is 102 Å². The molecular weight excluding hydrogens is 237 g/mol. The molecule has 0 aromatic heterocycles. The van der Waals surface area contributed by atoms with Gasteiger partial charge in [0.2, 0.25) is 0 Å². The quantitative estimate of drug-likeness (QED) is 0.578. The zero-order valence-corrected chi connectivity index (χ0v) is 10.2. The van der Waals surface area contributed by atoms with Crippen LogP contribution in [-0.4, -0.2) is 23.3 Å². The molecule has 0 aliphatic heterocycles. The molecule has 0 saturated carbocycles. The molecule has 0 bridgehead atoms.